The van der Waals surface area contributed by atoms with Crippen LogP contribution in [0.4, 0.5) is 5.69 Å². The molecular weight excluding hydrogens is 372 g/mol. The van der Waals surface area contributed by atoms with E-state index in [4.69, 9.17) is 9.47 Å². The number of amides is 1. The zero-order valence-electron chi connectivity index (χ0n) is 13.8. The molecule has 2 aromatic carbocycles. The summed E-state index contributed by atoms with van der Waals surface area (Å²) in [6.45, 7) is 3.28. The molecule has 0 aliphatic carbocycles. The van der Waals surface area contributed by atoms with E-state index in [1.807, 2.05) is 49.4 Å². The van der Waals surface area contributed by atoms with Gasteiger partial charge in [0.05, 0.1) is 13.7 Å². The highest BCUT2D eigenvalue weighted by Gasteiger charge is 2.03. The maximum Gasteiger partial charge on any atom is 0.238 e. The van der Waals surface area contributed by atoms with E-state index < -0.39 is 0 Å². The smallest absolute Gasteiger partial charge is 0.238 e. The molecule has 2 rings (SSSR count). The zero-order chi connectivity index (χ0) is 17.4. The van der Waals surface area contributed by atoms with E-state index in [1.165, 1.54) is 0 Å². The van der Waals surface area contributed by atoms with Gasteiger partial charge in [-0.3, -0.25) is 4.79 Å². The first-order chi connectivity index (χ1) is 11.6. The maximum atomic E-state index is 11.9. The van der Waals surface area contributed by atoms with E-state index in [1.54, 1.807) is 7.11 Å². The van der Waals surface area contributed by atoms with E-state index in [0.717, 1.165) is 27.2 Å². The first kappa shape index (κ1) is 18.3. The summed E-state index contributed by atoms with van der Waals surface area (Å²) >= 11 is 3.44. The summed E-state index contributed by atoms with van der Waals surface area (Å²) in [6.07, 6.45) is 0. The van der Waals surface area contributed by atoms with Gasteiger partial charge in [0.2, 0.25) is 5.91 Å². The number of carbonyl (C=O) groups excluding carboxylic acids is 1. The Bertz CT molecular complexity index is 674. The molecule has 0 heterocycles. The monoisotopic (exact) mass is 392 g/mol. The zero-order valence-corrected chi connectivity index (χ0v) is 15.4. The van der Waals surface area contributed by atoms with Crippen LogP contribution in [0.25, 0.3) is 0 Å². The van der Waals surface area contributed by atoms with Crippen LogP contribution >= 0.6 is 15.9 Å². The highest BCUT2D eigenvalue weighted by Crippen LogP contribution is 2.20. The molecule has 0 aromatic heterocycles. The molecule has 0 spiro atoms. The highest BCUT2D eigenvalue weighted by molar-refractivity contribution is 9.10. The Hall–Kier alpha value is -2.05. The van der Waals surface area contributed by atoms with Crippen LogP contribution in [0.5, 0.6) is 11.5 Å². The fraction of sp³-hybridized carbons (Fsp3) is 0.278. The molecule has 24 heavy (non-hydrogen) atoms. The summed E-state index contributed by atoms with van der Waals surface area (Å²) in [5.41, 5.74) is 1.87. The lowest BCUT2D eigenvalue weighted by Gasteiger charge is -2.09. The van der Waals surface area contributed by atoms with Crippen LogP contribution in [0.2, 0.25) is 0 Å². The number of hydrogen-bond donors (Lipinski definition) is 2. The van der Waals surface area contributed by atoms with Gasteiger partial charge in [-0.1, -0.05) is 15.9 Å². The number of aryl methyl sites for hydroxylation is 1. The number of nitrogens with one attached hydrogen (secondary N) is 2. The molecule has 0 unspecified atom stereocenters. The van der Waals surface area contributed by atoms with Crippen LogP contribution in [0.15, 0.2) is 46.9 Å². The number of ether oxygens (including phenoxy) is 2. The van der Waals surface area contributed by atoms with Crippen molar-refractivity contribution in [3.05, 3.63) is 52.5 Å². The van der Waals surface area contributed by atoms with Crippen molar-refractivity contribution in [3.8, 4) is 11.5 Å². The number of hydrogen-bond acceptors (Lipinski definition) is 4. The molecule has 0 atom stereocenters. The Morgan fingerprint density at radius 3 is 2.50 bits per heavy atom. The number of benzene rings is 2. The van der Waals surface area contributed by atoms with E-state index >= 15 is 0 Å². The van der Waals surface area contributed by atoms with Gasteiger partial charge in [0.1, 0.15) is 18.1 Å². The van der Waals surface area contributed by atoms with Crippen LogP contribution < -0.4 is 20.1 Å². The maximum absolute atomic E-state index is 11.9. The van der Waals surface area contributed by atoms with Crippen LogP contribution in [-0.4, -0.2) is 32.7 Å². The largest absolute Gasteiger partial charge is 0.497 e. The number of carbonyl (C=O) groups is 1. The van der Waals surface area contributed by atoms with Gasteiger partial charge in [0, 0.05) is 16.7 Å². The minimum absolute atomic E-state index is 0.0823. The van der Waals surface area contributed by atoms with Crippen molar-refractivity contribution in [1.29, 1.82) is 0 Å². The minimum atomic E-state index is -0.0823. The summed E-state index contributed by atoms with van der Waals surface area (Å²) in [7, 11) is 1.63. The van der Waals surface area contributed by atoms with Crippen molar-refractivity contribution in [1.82, 2.24) is 5.32 Å². The van der Waals surface area contributed by atoms with E-state index in [9.17, 15) is 4.79 Å². The lowest BCUT2D eigenvalue weighted by atomic mass is 10.2. The first-order valence-corrected chi connectivity index (χ1v) is 8.41. The summed E-state index contributed by atoms with van der Waals surface area (Å²) in [4.78, 5) is 11.9. The molecule has 0 saturated heterocycles. The average molecular weight is 393 g/mol. The van der Waals surface area contributed by atoms with Crippen molar-refractivity contribution in [2.24, 2.45) is 0 Å². The molecule has 0 aliphatic heterocycles. The lowest BCUT2D eigenvalue weighted by molar-refractivity contribution is -0.115. The van der Waals surface area contributed by atoms with Crippen LogP contribution in [0, 0.1) is 6.92 Å². The van der Waals surface area contributed by atoms with Gasteiger partial charge in [0.25, 0.3) is 0 Å². The van der Waals surface area contributed by atoms with Gasteiger partial charge in [0.15, 0.2) is 0 Å². The van der Waals surface area contributed by atoms with Crippen molar-refractivity contribution in [3.63, 3.8) is 0 Å². The van der Waals surface area contributed by atoms with Crippen molar-refractivity contribution < 1.29 is 14.3 Å². The van der Waals surface area contributed by atoms with Gasteiger partial charge in [-0.05, 0) is 55.0 Å². The van der Waals surface area contributed by atoms with Gasteiger partial charge >= 0.3 is 0 Å². The molecule has 0 bridgehead atoms. The normalized spacial score (nSPS) is 10.3. The average Bonchev–Trinajstić information content (AvgIpc) is 2.58. The topological polar surface area (TPSA) is 59.6 Å². The second-order valence-electron chi connectivity index (χ2n) is 5.21. The van der Waals surface area contributed by atoms with Crippen molar-refractivity contribution >= 4 is 27.5 Å². The third-order valence-corrected chi connectivity index (χ3v) is 4.22. The Morgan fingerprint density at radius 1 is 1.12 bits per heavy atom. The first-order valence-electron chi connectivity index (χ1n) is 7.62. The van der Waals surface area contributed by atoms with E-state index in [-0.39, 0.29) is 12.5 Å². The Morgan fingerprint density at radius 2 is 1.83 bits per heavy atom. The fourth-order valence-electron chi connectivity index (χ4n) is 2.04. The Kier molecular flexibility index (Phi) is 7.08. The lowest BCUT2D eigenvalue weighted by Crippen LogP contribution is -2.31. The third-order valence-electron chi connectivity index (χ3n) is 3.33. The predicted molar refractivity (Wildman–Crippen MR) is 98.9 cm³/mol. The Balaban J connectivity index is 1.64. The number of rotatable bonds is 8. The molecule has 0 saturated carbocycles. The third kappa shape index (κ3) is 5.86. The second-order valence-corrected chi connectivity index (χ2v) is 6.07. The van der Waals surface area contributed by atoms with Crippen LogP contribution in [0.1, 0.15) is 5.56 Å². The highest BCUT2D eigenvalue weighted by atomic mass is 79.9. The summed E-state index contributed by atoms with van der Waals surface area (Å²) in [5, 5.41) is 5.91. The second kappa shape index (κ2) is 9.30. The van der Waals surface area contributed by atoms with Gasteiger partial charge in [-0.2, -0.15) is 0 Å². The fourth-order valence-corrected chi connectivity index (χ4v) is 2.29. The molecular formula is C18H21BrN2O3. The van der Waals surface area contributed by atoms with Gasteiger partial charge in [-0.15, -0.1) is 0 Å². The summed E-state index contributed by atoms with van der Waals surface area (Å²) in [5.74, 6) is 1.48. The van der Waals surface area contributed by atoms with Crippen molar-refractivity contribution in [2.45, 2.75) is 6.92 Å². The summed E-state index contributed by atoms with van der Waals surface area (Å²) in [6, 6.07) is 13.1. The molecule has 2 aromatic rings. The summed E-state index contributed by atoms with van der Waals surface area (Å²) < 4.78 is 11.7. The number of anilines is 1. The molecule has 1 amide bonds. The standard InChI is InChI=1S/C18H21BrN2O3/c1-13-11-14(3-8-17(13)19)21-18(22)12-20-9-10-24-16-6-4-15(23-2)5-7-16/h3-8,11,20H,9-10,12H2,1-2H3,(H,21,22). The molecule has 0 aliphatic rings. The number of methoxy groups -OCH3 is 1. The van der Waals surface area contributed by atoms with Crippen LogP contribution in [-0.2, 0) is 4.79 Å². The molecule has 0 radical (unpaired) electrons. The Labute approximate surface area is 150 Å². The van der Waals surface area contributed by atoms with Crippen LogP contribution in [0.3, 0.4) is 0 Å². The molecule has 128 valence electrons. The predicted octanol–water partition coefficient (Wildman–Crippen LogP) is 3.37. The van der Waals surface area contributed by atoms with Gasteiger partial charge in [-0.25, -0.2) is 0 Å². The van der Waals surface area contributed by atoms with Crippen molar-refractivity contribution in [2.75, 3.05) is 32.1 Å². The van der Waals surface area contributed by atoms with E-state index in [2.05, 4.69) is 26.6 Å². The SMILES string of the molecule is COc1ccc(OCCNCC(=O)Nc2ccc(Br)c(C)c2)cc1. The number of halogens is 1. The molecule has 2 N–H and O–H groups in total. The molecule has 0 fully saturated rings. The molecule has 6 heteroatoms. The minimum Gasteiger partial charge on any atom is -0.497 e. The van der Waals surface area contributed by atoms with E-state index in [0.29, 0.717) is 13.2 Å². The van der Waals surface area contributed by atoms with Gasteiger partial charge < -0.3 is 20.1 Å². The molecule has 5 nitrogen and oxygen atoms in total. The quantitative estimate of drug-likeness (QED) is 0.676.